The molecule has 0 saturated heterocycles. The molecule has 2 aromatic carbocycles. The quantitative estimate of drug-likeness (QED) is 0.813. The highest BCUT2D eigenvalue weighted by atomic mass is 79.9. The Morgan fingerprint density at radius 1 is 1.20 bits per heavy atom. The van der Waals surface area contributed by atoms with Crippen LogP contribution in [0.5, 0.6) is 0 Å². The molecule has 1 amide bonds. The molecule has 0 aliphatic heterocycles. The van der Waals surface area contributed by atoms with Crippen LogP contribution in [0.1, 0.15) is 21.5 Å². The largest absolute Gasteiger partial charge is 0.399 e. The molecule has 0 bridgehead atoms. The van der Waals surface area contributed by atoms with Gasteiger partial charge in [0.1, 0.15) is 5.82 Å². The fourth-order valence-corrected chi connectivity index (χ4v) is 2.25. The summed E-state index contributed by atoms with van der Waals surface area (Å²) in [6, 6.07) is 7.94. The first-order chi connectivity index (χ1) is 9.38. The van der Waals surface area contributed by atoms with Crippen LogP contribution in [0.3, 0.4) is 0 Å². The smallest absolute Gasteiger partial charge is 0.255 e. The molecule has 0 fully saturated rings. The Hall–Kier alpha value is -1.88. The van der Waals surface area contributed by atoms with E-state index in [-0.39, 0.29) is 5.91 Å². The average Bonchev–Trinajstić information content (AvgIpc) is 2.39. The van der Waals surface area contributed by atoms with Gasteiger partial charge >= 0.3 is 0 Å². The number of amides is 1. The summed E-state index contributed by atoms with van der Waals surface area (Å²) in [7, 11) is 0. The molecule has 0 aliphatic carbocycles. The average molecular weight is 337 g/mol. The van der Waals surface area contributed by atoms with Gasteiger partial charge in [0.25, 0.3) is 5.91 Å². The number of aryl methyl sites for hydroxylation is 2. The Balaban J connectivity index is 2.27. The first-order valence-corrected chi connectivity index (χ1v) is 6.81. The van der Waals surface area contributed by atoms with Crippen LogP contribution < -0.4 is 11.1 Å². The molecule has 104 valence electrons. The van der Waals surface area contributed by atoms with Crippen molar-refractivity contribution in [1.82, 2.24) is 0 Å². The second kappa shape index (κ2) is 5.63. The predicted octanol–water partition coefficient (Wildman–Crippen LogP) is 4.04. The van der Waals surface area contributed by atoms with Gasteiger partial charge in [-0.2, -0.15) is 0 Å². The summed E-state index contributed by atoms with van der Waals surface area (Å²) in [6.07, 6.45) is 0. The van der Waals surface area contributed by atoms with Gasteiger partial charge in [-0.25, -0.2) is 4.39 Å². The summed E-state index contributed by atoms with van der Waals surface area (Å²) in [5, 5.41) is 2.70. The highest BCUT2D eigenvalue weighted by molar-refractivity contribution is 9.10. The van der Waals surface area contributed by atoms with Crippen molar-refractivity contribution in [2.45, 2.75) is 13.8 Å². The highest BCUT2D eigenvalue weighted by Crippen LogP contribution is 2.24. The molecule has 0 radical (unpaired) electrons. The number of nitrogen functional groups attached to an aromatic ring is 1. The molecule has 0 saturated carbocycles. The van der Waals surface area contributed by atoms with Gasteiger partial charge in [-0.15, -0.1) is 0 Å². The minimum absolute atomic E-state index is 0.294. The number of hydrogen-bond donors (Lipinski definition) is 2. The third-order valence-electron chi connectivity index (χ3n) is 3.05. The van der Waals surface area contributed by atoms with Gasteiger partial charge in [-0.05, 0) is 71.2 Å². The second-order valence-electron chi connectivity index (χ2n) is 4.61. The SMILES string of the molecule is Cc1cc(C(=O)Nc2cc(F)c(Br)cc2C)ccc1N. The van der Waals surface area contributed by atoms with Crippen molar-refractivity contribution >= 4 is 33.2 Å². The van der Waals surface area contributed by atoms with E-state index in [0.717, 1.165) is 11.1 Å². The minimum atomic E-state index is -0.417. The first kappa shape index (κ1) is 14.5. The number of nitrogens with two attached hydrogens (primary N) is 1. The van der Waals surface area contributed by atoms with E-state index in [1.54, 1.807) is 31.2 Å². The number of carbonyl (C=O) groups excluding carboxylic acids is 1. The lowest BCUT2D eigenvalue weighted by Crippen LogP contribution is -2.13. The number of benzene rings is 2. The van der Waals surface area contributed by atoms with Crippen molar-refractivity contribution in [2.24, 2.45) is 0 Å². The van der Waals surface area contributed by atoms with Crippen LogP contribution >= 0.6 is 15.9 Å². The Labute approximate surface area is 125 Å². The summed E-state index contributed by atoms with van der Waals surface area (Å²) >= 11 is 3.11. The molecule has 0 aliphatic rings. The van der Waals surface area contributed by atoms with Gasteiger partial charge in [-0.1, -0.05) is 0 Å². The monoisotopic (exact) mass is 336 g/mol. The van der Waals surface area contributed by atoms with Crippen molar-refractivity contribution in [2.75, 3.05) is 11.1 Å². The Kier molecular flexibility index (Phi) is 4.09. The molecule has 0 atom stereocenters. The lowest BCUT2D eigenvalue weighted by Gasteiger charge is -2.10. The molecule has 0 spiro atoms. The maximum atomic E-state index is 13.5. The van der Waals surface area contributed by atoms with Crippen LogP contribution in [0.2, 0.25) is 0 Å². The third-order valence-corrected chi connectivity index (χ3v) is 3.66. The molecule has 2 aromatic rings. The molecule has 0 aromatic heterocycles. The maximum absolute atomic E-state index is 13.5. The maximum Gasteiger partial charge on any atom is 0.255 e. The molecule has 2 rings (SSSR count). The van der Waals surface area contributed by atoms with E-state index in [4.69, 9.17) is 5.73 Å². The Morgan fingerprint density at radius 2 is 1.90 bits per heavy atom. The molecule has 3 nitrogen and oxygen atoms in total. The standard InChI is InChI=1S/C15H14BrFN2O/c1-8-5-10(3-4-13(8)18)15(20)19-14-7-12(17)11(16)6-9(14)2/h3-7H,18H2,1-2H3,(H,19,20). The van der Waals surface area contributed by atoms with Gasteiger partial charge in [0.05, 0.1) is 4.47 Å². The number of carbonyl (C=O) groups is 1. The predicted molar refractivity (Wildman–Crippen MR) is 82.4 cm³/mol. The van der Waals surface area contributed by atoms with Crippen LogP contribution in [0, 0.1) is 19.7 Å². The van der Waals surface area contributed by atoms with Crippen LogP contribution in [0.15, 0.2) is 34.8 Å². The number of anilines is 2. The van der Waals surface area contributed by atoms with Gasteiger partial charge < -0.3 is 11.1 Å². The summed E-state index contributed by atoms with van der Waals surface area (Å²) < 4.78 is 13.9. The minimum Gasteiger partial charge on any atom is -0.399 e. The van der Waals surface area contributed by atoms with E-state index in [2.05, 4.69) is 21.2 Å². The molecular weight excluding hydrogens is 323 g/mol. The molecular formula is C15H14BrFN2O. The lowest BCUT2D eigenvalue weighted by molar-refractivity contribution is 0.102. The summed E-state index contributed by atoms with van der Waals surface area (Å²) in [5.41, 5.74) is 8.89. The zero-order chi connectivity index (χ0) is 14.9. The molecule has 3 N–H and O–H groups in total. The first-order valence-electron chi connectivity index (χ1n) is 6.01. The number of hydrogen-bond acceptors (Lipinski definition) is 2. The van der Waals surface area contributed by atoms with E-state index < -0.39 is 5.82 Å². The fourth-order valence-electron chi connectivity index (χ4n) is 1.79. The highest BCUT2D eigenvalue weighted by Gasteiger charge is 2.11. The van der Waals surface area contributed by atoms with E-state index in [9.17, 15) is 9.18 Å². The number of nitrogens with one attached hydrogen (secondary N) is 1. The van der Waals surface area contributed by atoms with Crippen LogP contribution in [0.4, 0.5) is 15.8 Å². The second-order valence-corrected chi connectivity index (χ2v) is 5.46. The Morgan fingerprint density at radius 3 is 2.55 bits per heavy atom. The van der Waals surface area contributed by atoms with Crippen molar-refractivity contribution in [1.29, 1.82) is 0 Å². The van der Waals surface area contributed by atoms with Crippen molar-refractivity contribution in [3.05, 3.63) is 57.3 Å². The van der Waals surface area contributed by atoms with Crippen LogP contribution in [-0.2, 0) is 0 Å². The van der Waals surface area contributed by atoms with Crippen molar-refractivity contribution < 1.29 is 9.18 Å². The zero-order valence-corrected chi connectivity index (χ0v) is 12.7. The number of halogens is 2. The molecule has 20 heavy (non-hydrogen) atoms. The summed E-state index contributed by atoms with van der Waals surface area (Å²) in [5.74, 6) is -0.711. The van der Waals surface area contributed by atoms with Crippen molar-refractivity contribution in [3.8, 4) is 0 Å². The van der Waals surface area contributed by atoms with Crippen LogP contribution in [0.25, 0.3) is 0 Å². The van der Waals surface area contributed by atoms with Gasteiger partial charge in [-0.3, -0.25) is 4.79 Å². The lowest BCUT2D eigenvalue weighted by atomic mass is 10.1. The van der Waals surface area contributed by atoms with Crippen molar-refractivity contribution in [3.63, 3.8) is 0 Å². The normalized spacial score (nSPS) is 10.4. The topological polar surface area (TPSA) is 55.1 Å². The van der Waals surface area contributed by atoms with E-state index >= 15 is 0 Å². The molecule has 5 heteroatoms. The number of rotatable bonds is 2. The van der Waals surface area contributed by atoms with Gasteiger partial charge in [0.15, 0.2) is 0 Å². The third kappa shape index (κ3) is 2.99. The Bertz CT molecular complexity index is 686. The van der Waals surface area contributed by atoms with Gasteiger partial charge in [0, 0.05) is 16.9 Å². The zero-order valence-electron chi connectivity index (χ0n) is 11.1. The van der Waals surface area contributed by atoms with E-state index in [1.807, 2.05) is 6.92 Å². The van der Waals surface area contributed by atoms with E-state index in [1.165, 1.54) is 6.07 Å². The summed E-state index contributed by atoms with van der Waals surface area (Å²) in [6.45, 7) is 3.63. The molecule has 0 heterocycles. The van der Waals surface area contributed by atoms with Gasteiger partial charge in [0.2, 0.25) is 0 Å². The summed E-state index contributed by atoms with van der Waals surface area (Å²) in [4.78, 5) is 12.1. The van der Waals surface area contributed by atoms with E-state index in [0.29, 0.717) is 21.4 Å². The van der Waals surface area contributed by atoms with Crippen LogP contribution in [-0.4, -0.2) is 5.91 Å². The molecule has 0 unspecified atom stereocenters. The fraction of sp³-hybridized carbons (Fsp3) is 0.133.